The molecule has 0 saturated heterocycles. The van der Waals surface area contributed by atoms with E-state index in [9.17, 15) is 18.3 Å². The number of para-hydroxylation sites is 1. The van der Waals surface area contributed by atoms with Crippen molar-refractivity contribution in [2.24, 2.45) is 0 Å². The number of nitrogens with zero attached hydrogens (tertiary/aromatic N) is 2. The molecule has 2 aromatic rings. The van der Waals surface area contributed by atoms with Crippen LogP contribution in [0.3, 0.4) is 0 Å². The SMILES string of the molecule is Nc1nc2c(O)cccc2n1CC(F)(F)F. The maximum atomic E-state index is 12.3. The van der Waals surface area contributed by atoms with Gasteiger partial charge in [0.05, 0.1) is 5.52 Å². The Balaban J connectivity index is 2.61. The van der Waals surface area contributed by atoms with Gasteiger partial charge in [0.2, 0.25) is 5.95 Å². The Morgan fingerprint density at radius 2 is 2.06 bits per heavy atom. The van der Waals surface area contributed by atoms with Crippen molar-refractivity contribution in [1.82, 2.24) is 9.55 Å². The molecule has 0 radical (unpaired) electrons. The van der Waals surface area contributed by atoms with Gasteiger partial charge in [0, 0.05) is 0 Å². The van der Waals surface area contributed by atoms with Crippen LogP contribution in [-0.2, 0) is 6.54 Å². The van der Waals surface area contributed by atoms with E-state index in [1.165, 1.54) is 18.2 Å². The highest BCUT2D eigenvalue weighted by atomic mass is 19.4. The van der Waals surface area contributed by atoms with Crippen LogP contribution < -0.4 is 5.73 Å². The third kappa shape index (κ3) is 1.75. The molecule has 0 amide bonds. The molecule has 3 N–H and O–H groups in total. The van der Waals surface area contributed by atoms with Gasteiger partial charge in [-0.3, -0.25) is 0 Å². The van der Waals surface area contributed by atoms with E-state index in [4.69, 9.17) is 5.73 Å². The van der Waals surface area contributed by atoms with Crippen molar-refractivity contribution in [2.45, 2.75) is 12.7 Å². The van der Waals surface area contributed by atoms with Crippen LogP contribution >= 0.6 is 0 Å². The van der Waals surface area contributed by atoms with E-state index in [1.54, 1.807) is 0 Å². The Morgan fingerprint density at radius 1 is 1.38 bits per heavy atom. The van der Waals surface area contributed by atoms with Gasteiger partial charge in [0.25, 0.3) is 0 Å². The summed E-state index contributed by atoms with van der Waals surface area (Å²) in [4.78, 5) is 3.69. The number of anilines is 1. The minimum Gasteiger partial charge on any atom is -0.506 e. The molecule has 0 bridgehead atoms. The van der Waals surface area contributed by atoms with Gasteiger partial charge in [0.1, 0.15) is 17.8 Å². The molecule has 7 heteroatoms. The van der Waals surface area contributed by atoms with E-state index in [2.05, 4.69) is 4.98 Å². The molecule has 86 valence electrons. The Morgan fingerprint density at radius 3 is 2.69 bits per heavy atom. The molecule has 1 heterocycles. The average molecular weight is 231 g/mol. The van der Waals surface area contributed by atoms with E-state index in [0.717, 1.165) is 4.57 Å². The normalized spacial score (nSPS) is 12.2. The molecule has 2 rings (SSSR count). The lowest BCUT2D eigenvalue weighted by molar-refractivity contribution is -0.139. The summed E-state index contributed by atoms with van der Waals surface area (Å²) in [6.45, 7) is -1.22. The number of aromatic nitrogens is 2. The van der Waals surface area contributed by atoms with Gasteiger partial charge in [-0.1, -0.05) is 6.07 Å². The summed E-state index contributed by atoms with van der Waals surface area (Å²) < 4.78 is 37.6. The highest BCUT2D eigenvalue weighted by Gasteiger charge is 2.30. The molecule has 0 atom stereocenters. The number of phenols is 1. The smallest absolute Gasteiger partial charge is 0.406 e. The molecule has 0 aliphatic heterocycles. The molecule has 0 aliphatic rings. The second-order valence-electron chi connectivity index (χ2n) is 3.32. The molecule has 0 unspecified atom stereocenters. The van der Waals surface area contributed by atoms with Crippen molar-refractivity contribution < 1.29 is 18.3 Å². The first-order chi connectivity index (χ1) is 7.38. The highest BCUT2D eigenvalue weighted by molar-refractivity contribution is 5.83. The van der Waals surface area contributed by atoms with E-state index >= 15 is 0 Å². The predicted octanol–water partition coefficient (Wildman–Crippen LogP) is 1.89. The zero-order valence-corrected chi connectivity index (χ0v) is 7.99. The lowest BCUT2D eigenvalue weighted by atomic mass is 10.3. The van der Waals surface area contributed by atoms with Gasteiger partial charge < -0.3 is 15.4 Å². The fraction of sp³-hybridized carbons (Fsp3) is 0.222. The number of nitrogens with two attached hydrogens (primary N) is 1. The number of nitrogen functional groups attached to an aromatic ring is 1. The van der Waals surface area contributed by atoms with Crippen molar-refractivity contribution in [3.8, 4) is 5.75 Å². The summed E-state index contributed by atoms with van der Waals surface area (Å²) in [6.07, 6.45) is -4.38. The van der Waals surface area contributed by atoms with Gasteiger partial charge in [-0.2, -0.15) is 13.2 Å². The topological polar surface area (TPSA) is 64.1 Å². The maximum Gasteiger partial charge on any atom is 0.406 e. The summed E-state index contributed by atoms with van der Waals surface area (Å²) >= 11 is 0. The molecule has 4 nitrogen and oxygen atoms in total. The molecular weight excluding hydrogens is 223 g/mol. The number of halogens is 3. The standard InChI is InChI=1S/C9H8F3N3O/c10-9(11,12)4-15-5-2-1-3-6(16)7(5)14-8(15)13/h1-3,16H,4H2,(H2,13,14). The summed E-state index contributed by atoms with van der Waals surface area (Å²) in [5.41, 5.74) is 5.61. The number of fused-ring (bicyclic) bond motifs is 1. The number of benzene rings is 1. The number of aromatic hydroxyl groups is 1. The zero-order chi connectivity index (χ0) is 11.9. The molecule has 0 fully saturated rings. The van der Waals surface area contributed by atoms with Crippen molar-refractivity contribution in [3.05, 3.63) is 18.2 Å². The minimum absolute atomic E-state index is 0.0734. The molecule has 1 aromatic heterocycles. The minimum atomic E-state index is -4.38. The summed E-state index contributed by atoms with van der Waals surface area (Å²) in [6, 6.07) is 4.20. The fourth-order valence-electron chi connectivity index (χ4n) is 1.50. The number of hydrogen-bond acceptors (Lipinski definition) is 3. The van der Waals surface area contributed by atoms with Crippen LogP contribution in [0, 0.1) is 0 Å². The molecule has 1 aromatic carbocycles. The number of phenolic OH excluding ortho intramolecular Hbond substituents is 1. The summed E-state index contributed by atoms with van der Waals surface area (Å²) in [7, 11) is 0. The first-order valence-electron chi connectivity index (χ1n) is 4.39. The average Bonchev–Trinajstić information content (AvgIpc) is 2.44. The molecule has 0 saturated carbocycles. The Hall–Kier alpha value is -1.92. The molecule has 0 spiro atoms. The molecule has 0 aliphatic carbocycles. The van der Waals surface area contributed by atoms with Crippen LogP contribution in [0.5, 0.6) is 5.75 Å². The fourth-order valence-corrected chi connectivity index (χ4v) is 1.50. The van der Waals surface area contributed by atoms with Gasteiger partial charge in [-0.05, 0) is 12.1 Å². The van der Waals surface area contributed by atoms with E-state index < -0.39 is 12.7 Å². The first-order valence-corrected chi connectivity index (χ1v) is 4.39. The largest absolute Gasteiger partial charge is 0.506 e. The molecular formula is C9H8F3N3O. The monoisotopic (exact) mass is 231 g/mol. The Labute approximate surface area is 88.1 Å². The summed E-state index contributed by atoms with van der Waals surface area (Å²) in [5, 5.41) is 9.39. The van der Waals surface area contributed by atoms with E-state index in [1.807, 2.05) is 0 Å². The van der Waals surface area contributed by atoms with Crippen LogP contribution in [0.2, 0.25) is 0 Å². The van der Waals surface area contributed by atoms with E-state index in [0.29, 0.717) is 0 Å². The number of rotatable bonds is 1. The lowest BCUT2D eigenvalue weighted by Crippen LogP contribution is -2.18. The second-order valence-corrected chi connectivity index (χ2v) is 3.32. The third-order valence-corrected chi connectivity index (χ3v) is 2.12. The first kappa shape index (κ1) is 10.6. The quantitative estimate of drug-likeness (QED) is 0.787. The number of alkyl halides is 3. The van der Waals surface area contributed by atoms with Gasteiger partial charge in [-0.25, -0.2) is 4.98 Å². The maximum absolute atomic E-state index is 12.3. The number of imidazole rings is 1. The highest BCUT2D eigenvalue weighted by Crippen LogP contribution is 2.28. The van der Waals surface area contributed by atoms with Crippen LogP contribution in [0.4, 0.5) is 19.1 Å². The van der Waals surface area contributed by atoms with Crippen molar-refractivity contribution >= 4 is 17.0 Å². The van der Waals surface area contributed by atoms with E-state index in [-0.39, 0.29) is 22.7 Å². The van der Waals surface area contributed by atoms with Crippen LogP contribution in [0.1, 0.15) is 0 Å². The van der Waals surface area contributed by atoms with Crippen molar-refractivity contribution in [1.29, 1.82) is 0 Å². The predicted molar refractivity (Wildman–Crippen MR) is 51.9 cm³/mol. The van der Waals surface area contributed by atoms with Crippen molar-refractivity contribution in [2.75, 3.05) is 5.73 Å². The third-order valence-electron chi connectivity index (χ3n) is 2.12. The van der Waals surface area contributed by atoms with Gasteiger partial charge in [-0.15, -0.1) is 0 Å². The zero-order valence-electron chi connectivity index (χ0n) is 7.99. The Kier molecular flexibility index (Phi) is 2.18. The second kappa shape index (κ2) is 3.29. The van der Waals surface area contributed by atoms with Crippen LogP contribution in [-0.4, -0.2) is 20.8 Å². The van der Waals surface area contributed by atoms with Gasteiger partial charge in [0.15, 0.2) is 0 Å². The number of hydrogen-bond donors (Lipinski definition) is 2. The molecule has 16 heavy (non-hydrogen) atoms. The van der Waals surface area contributed by atoms with Crippen molar-refractivity contribution in [3.63, 3.8) is 0 Å². The lowest BCUT2D eigenvalue weighted by Gasteiger charge is -2.09. The van der Waals surface area contributed by atoms with Gasteiger partial charge >= 0.3 is 6.18 Å². The van der Waals surface area contributed by atoms with Crippen LogP contribution in [0.25, 0.3) is 11.0 Å². The van der Waals surface area contributed by atoms with Crippen LogP contribution in [0.15, 0.2) is 18.2 Å². The Bertz CT molecular complexity index is 533. The summed E-state index contributed by atoms with van der Waals surface area (Å²) in [5.74, 6) is -0.459.